The van der Waals surface area contributed by atoms with Gasteiger partial charge in [0.25, 0.3) is 0 Å². The topological polar surface area (TPSA) is 68.3 Å². The number of hydrogen-bond acceptors (Lipinski definition) is 5. The Morgan fingerprint density at radius 1 is 0.655 bits per heavy atom. The second-order valence-electron chi connectivity index (χ2n) is 6.72. The molecule has 0 aliphatic heterocycles. The first-order valence-electron chi connectivity index (χ1n) is 9.06. The van der Waals surface area contributed by atoms with E-state index < -0.39 is 38.6 Å². The van der Waals surface area contributed by atoms with Crippen LogP contribution in [0.25, 0.3) is 0 Å². The lowest BCUT2D eigenvalue weighted by Crippen LogP contribution is -2.46. The van der Waals surface area contributed by atoms with Gasteiger partial charge in [0.05, 0.1) is 26.7 Å². The summed E-state index contributed by atoms with van der Waals surface area (Å²) in [4.78, 5) is 0. The zero-order valence-electron chi connectivity index (χ0n) is 16.9. The summed E-state index contributed by atoms with van der Waals surface area (Å²) in [5.74, 6) is 0. The number of unbranched alkanes of at least 4 members (excludes halogenated alkanes) is 3. The Morgan fingerprint density at radius 2 is 0.897 bits per heavy atom. The predicted molar refractivity (Wildman–Crippen MR) is 103 cm³/mol. The fourth-order valence-corrected chi connectivity index (χ4v) is 7.22. The third-order valence-corrected chi connectivity index (χ3v) is 10.8. The minimum Gasteiger partial charge on any atom is -0.326 e. The van der Waals surface area contributed by atoms with Crippen LogP contribution in [0.1, 0.15) is 59.3 Å². The van der Waals surface area contributed by atoms with E-state index in [4.69, 9.17) is 0 Å². The summed E-state index contributed by atoms with van der Waals surface area (Å²) in [6.45, 7) is 11.0. The predicted octanol–water partition coefficient (Wildman–Crippen LogP) is 5.25. The molecule has 0 aromatic carbocycles. The average molecular weight is 499 g/mol. The van der Waals surface area contributed by atoms with E-state index in [-0.39, 0.29) is 0 Å². The minimum absolute atomic E-state index is 1.32. The maximum Gasteiger partial charge on any atom is 0.508 e. The van der Waals surface area contributed by atoms with Gasteiger partial charge in [-0.15, -0.1) is 0 Å². The van der Waals surface area contributed by atoms with Gasteiger partial charge in [0, 0.05) is 0 Å². The van der Waals surface area contributed by atoms with Crippen LogP contribution in [0.15, 0.2) is 0 Å². The molecule has 0 unspecified atom stereocenters. The van der Waals surface area contributed by atoms with E-state index in [1.807, 2.05) is 0 Å². The smallest absolute Gasteiger partial charge is 0.326 e. The van der Waals surface area contributed by atoms with Crippen molar-refractivity contribution in [3.05, 3.63) is 0 Å². The molecule has 0 heterocycles. The average Bonchev–Trinajstić information content (AvgIpc) is 2.54. The van der Waals surface area contributed by atoms with Gasteiger partial charge in [0.2, 0.25) is 0 Å². The van der Waals surface area contributed by atoms with Gasteiger partial charge in [0.15, 0.2) is 0 Å². The molecular weight excluding hydrogens is 468 g/mol. The molecule has 0 bridgehead atoms. The van der Waals surface area contributed by atoms with Crippen LogP contribution in [0.5, 0.6) is 0 Å². The minimum atomic E-state index is -6.43. The molecule has 0 saturated heterocycles. The lowest BCUT2D eigenvalue weighted by atomic mass is 10.2. The molecule has 178 valence electrons. The quantitative estimate of drug-likeness (QED) is 0.221. The van der Waals surface area contributed by atoms with E-state index in [1.54, 1.807) is 0 Å². The first kappa shape index (κ1) is 31.0. The van der Waals surface area contributed by atoms with E-state index in [1.165, 1.54) is 62.6 Å². The van der Waals surface area contributed by atoms with Crippen LogP contribution in [-0.4, -0.2) is 59.0 Å². The zero-order chi connectivity index (χ0) is 23.6. The van der Waals surface area contributed by atoms with Gasteiger partial charge in [-0.1, -0.05) is 40.0 Å². The van der Waals surface area contributed by atoms with Gasteiger partial charge >= 0.3 is 28.8 Å². The molecule has 0 radical (unpaired) electrons. The third-order valence-electron chi connectivity index (χ3n) is 3.90. The molecule has 0 N–H and O–H groups in total. The Balaban J connectivity index is 0. The Morgan fingerprint density at radius 3 is 1.07 bits per heavy atom. The highest BCUT2D eigenvalue weighted by atomic mass is 33.5. The molecule has 0 atom stereocenters. The molecule has 5 nitrogen and oxygen atoms in total. The lowest BCUT2D eigenvalue weighted by molar-refractivity contribution is -0.910. The number of hydrogen-bond donors (Lipinski definition) is 0. The summed E-state index contributed by atoms with van der Waals surface area (Å²) >= 11 is 0. The van der Waals surface area contributed by atoms with Crippen LogP contribution < -0.4 is 0 Å². The van der Waals surface area contributed by atoms with Gasteiger partial charge in [-0.3, -0.25) is 0 Å². The van der Waals surface area contributed by atoms with Crippen molar-refractivity contribution in [3.63, 3.8) is 0 Å². The Labute approximate surface area is 172 Å². The Bertz CT molecular complexity index is 597. The molecule has 0 aromatic heterocycles. The van der Waals surface area contributed by atoms with Gasteiger partial charge in [0.1, 0.15) is 9.83 Å². The monoisotopic (exact) mass is 498 g/mol. The van der Waals surface area contributed by atoms with E-state index in [0.29, 0.717) is 0 Å². The summed E-state index contributed by atoms with van der Waals surface area (Å²) < 4.78 is 111. The van der Waals surface area contributed by atoms with Gasteiger partial charge in [-0.2, -0.15) is 26.3 Å². The van der Waals surface area contributed by atoms with Crippen molar-refractivity contribution in [2.75, 3.05) is 26.7 Å². The van der Waals surface area contributed by atoms with Crippen LogP contribution in [0.3, 0.4) is 0 Å². The SMILES string of the molecule is CCCC[N+](C)(CCCC)CCCC.O=S(=O)(SS(=O)(=O)C(F)(F)F)C(F)(F)F. The number of halogens is 6. The highest BCUT2D eigenvalue weighted by molar-refractivity contribution is 9.04. The Hall–Kier alpha value is -0.210. The summed E-state index contributed by atoms with van der Waals surface area (Å²) in [6, 6.07) is 0. The fourth-order valence-electron chi connectivity index (χ4n) is 2.15. The first-order valence-corrected chi connectivity index (χ1v) is 13.9. The molecule has 29 heavy (non-hydrogen) atoms. The van der Waals surface area contributed by atoms with Crippen molar-refractivity contribution in [1.82, 2.24) is 0 Å². The highest BCUT2D eigenvalue weighted by Crippen LogP contribution is 2.42. The van der Waals surface area contributed by atoms with Crippen LogP contribution >= 0.6 is 9.83 Å². The summed E-state index contributed by atoms with van der Waals surface area (Å²) in [6.07, 6.45) is 8.20. The lowest BCUT2D eigenvalue weighted by Gasteiger charge is -2.34. The van der Waals surface area contributed by atoms with Crippen molar-refractivity contribution < 1.29 is 47.7 Å². The fraction of sp³-hybridized carbons (Fsp3) is 1.00. The molecule has 0 aliphatic carbocycles. The second-order valence-corrected chi connectivity index (χ2v) is 13.9. The van der Waals surface area contributed by atoms with Gasteiger partial charge in [-0.05, 0) is 19.3 Å². The van der Waals surface area contributed by atoms with E-state index in [0.717, 1.165) is 0 Å². The molecule has 0 fully saturated rings. The maximum absolute atomic E-state index is 11.5. The highest BCUT2D eigenvalue weighted by Gasteiger charge is 2.57. The first-order chi connectivity index (χ1) is 12.9. The molecule has 0 spiro atoms. The summed E-state index contributed by atoms with van der Waals surface area (Å²) in [5.41, 5.74) is -12.1. The second kappa shape index (κ2) is 12.6. The largest absolute Gasteiger partial charge is 0.508 e. The molecule has 0 aliphatic rings. The summed E-state index contributed by atoms with van der Waals surface area (Å²) in [7, 11) is -12.6. The molecular formula is C15H30F6NO4S3+. The Kier molecular flexibility index (Phi) is 13.5. The van der Waals surface area contributed by atoms with Gasteiger partial charge < -0.3 is 4.48 Å². The van der Waals surface area contributed by atoms with Crippen molar-refractivity contribution in [1.29, 1.82) is 0 Å². The third kappa shape index (κ3) is 12.3. The summed E-state index contributed by atoms with van der Waals surface area (Å²) in [5, 5.41) is 0. The molecule has 14 heteroatoms. The van der Waals surface area contributed by atoms with Gasteiger partial charge in [-0.25, -0.2) is 16.8 Å². The molecule has 0 rings (SSSR count). The van der Waals surface area contributed by atoms with E-state index in [9.17, 15) is 43.2 Å². The van der Waals surface area contributed by atoms with Crippen molar-refractivity contribution >= 4 is 27.6 Å². The van der Waals surface area contributed by atoms with E-state index >= 15 is 0 Å². The number of nitrogens with zero attached hydrogens (tertiary/aromatic N) is 1. The normalized spacial score (nSPS) is 13.7. The van der Waals surface area contributed by atoms with Crippen LogP contribution in [0.4, 0.5) is 26.3 Å². The van der Waals surface area contributed by atoms with E-state index in [2.05, 4.69) is 27.8 Å². The standard InChI is InChI=1S/C13H30N.C2F6O4S3/c1-5-8-11-14(4,12-9-6-2)13-10-7-3;3-1(4,5)14(9,10)13-15(11,12)2(6,7)8/h5-13H2,1-4H3;/q+1;. The number of quaternary nitrogens is 1. The van der Waals surface area contributed by atoms with Crippen molar-refractivity contribution in [2.24, 2.45) is 0 Å². The van der Waals surface area contributed by atoms with Crippen molar-refractivity contribution in [3.8, 4) is 0 Å². The maximum atomic E-state index is 11.5. The zero-order valence-corrected chi connectivity index (χ0v) is 19.4. The number of rotatable bonds is 11. The van der Waals surface area contributed by atoms with Crippen LogP contribution in [0, 0.1) is 0 Å². The van der Waals surface area contributed by atoms with Crippen LogP contribution in [0.2, 0.25) is 0 Å². The van der Waals surface area contributed by atoms with Crippen LogP contribution in [-0.2, 0) is 17.7 Å². The van der Waals surface area contributed by atoms with Crippen molar-refractivity contribution in [2.45, 2.75) is 70.3 Å². The molecule has 0 saturated carbocycles. The molecule has 0 amide bonds. The number of alkyl halides is 6. The molecule has 0 aromatic rings.